The predicted octanol–water partition coefficient (Wildman–Crippen LogP) is 2.26. The third-order valence-electron chi connectivity index (χ3n) is 4.61. The van der Waals surface area contributed by atoms with Gasteiger partial charge in [-0.15, -0.1) is 0 Å². The fourth-order valence-electron chi connectivity index (χ4n) is 3.19. The number of carbonyl (C=O) groups excluding carboxylic acids is 1. The lowest BCUT2D eigenvalue weighted by molar-refractivity contribution is 0.0760. The molecule has 2 aromatic rings. The molecule has 1 amide bonds. The van der Waals surface area contributed by atoms with E-state index >= 15 is 0 Å². The second-order valence-corrected chi connectivity index (χ2v) is 6.36. The average molecular weight is 342 g/mol. The van der Waals surface area contributed by atoms with Crippen LogP contribution in [0.1, 0.15) is 29.3 Å². The highest BCUT2D eigenvalue weighted by Crippen LogP contribution is 2.16. The van der Waals surface area contributed by atoms with Crippen LogP contribution in [0.2, 0.25) is 0 Å². The van der Waals surface area contributed by atoms with Crippen LogP contribution in [0.15, 0.2) is 36.7 Å². The van der Waals surface area contributed by atoms with Crippen LogP contribution in [0.3, 0.4) is 0 Å². The van der Waals surface area contributed by atoms with Gasteiger partial charge in [-0.2, -0.15) is 5.10 Å². The summed E-state index contributed by atoms with van der Waals surface area (Å²) < 4.78 is 7.17. The molecule has 1 aliphatic rings. The molecule has 1 aliphatic heterocycles. The Morgan fingerprint density at radius 2 is 2.12 bits per heavy atom. The average Bonchev–Trinajstić information content (AvgIpc) is 2.98. The first kappa shape index (κ1) is 17.5. The van der Waals surface area contributed by atoms with E-state index in [1.54, 1.807) is 7.11 Å². The molecule has 0 saturated carbocycles. The predicted molar refractivity (Wildman–Crippen MR) is 96.7 cm³/mol. The number of ether oxygens (including phenoxy) is 1. The van der Waals surface area contributed by atoms with E-state index in [1.807, 2.05) is 40.0 Å². The van der Waals surface area contributed by atoms with Gasteiger partial charge in [-0.05, 0) is 31.5 Å². The number of carbonyl (C=O) groups is 1. The highest BCUT2D eigenvalue weighted by atomic mass is 16.5. The Labute approximate surface area is 149 Å². The fourth-order valence-corrected chi connectivity index (χ4v) is 3.19. The Morgan fingerprint density at radius 1 is 1.24 bits per heavy atom. The summed E-state index contributed by atoms with van der Waals surface area (Å²) in [7, 11) is 1.62. The number of hydrogen-bond acceptors (Lipinski definition) is 4. The second kappa shape index (κ2) is 8.16. The molecule has 0 N–H and O–H groups in total. The molecule has 1 fully saturated rings. The Balaban J connectivity index is 1.59. The van der Waals surface area contributed by atoms with Gasteiger partial charge in [0.15, 0.2) is 0 Å². The van der Waals surface area contributed by atoms with Gasteiger partial charge in [0.1, 0.15) is 5.75 Å². The summed E-state index contributed by atoms with van der Waals surface area (Å²) in [4.78, 5) is 17.1. The normalized spacial score (nSPS) is 15.8. The van der Waals surface area contributed by atoms with Crippen LogP contribution in [0.5, 0.6) is 5.75 Å². The molecule has 0 aliphatic carbocycles. The van der Waals surface area contributed by atoms with Crippen molar-refractivity contribution in [2.75, 3.05) is 33.3 Å². The molecule has 6 nitrogen and oxygen atoms in total. The number of aromatic nitrogens is 2. The standard InChI is InChI=1S/C19H26N4O2/c1-3-23-15-16(13-20-23)14-21-8-5-9-22(11-10-21)19(24)17-6-4-7-18(12-17)25-2/h4,6-7,12-13,15H,3,5,8-11,14H2,1-2H3. The molecular weight excluding hydrogens is 316 g/mol. The molecule has 6 heteroatoms. The van der Waals surface area contributed by atoms with Gasteiger partial charge in [0, 0.05) is 56.6 Å². The maximum atomic E-state index is 12.8. The van der Waals surface area contributed by atoms with Crippen LogP contribution in [0, 0.1) is 0 Å². The van der Waals surface area contributed by atoms with Gasteiger partial charge < -0.3 is 9.64 Å². The quantitative estimate of drug-likeness (QED) is 0.836. The zero-order chi connectivity index (χ0) is 17.6. The van der Waals surface area contributed by atoms with Crippen molar-refractivity contribution >= 4 is 5.91 Å². The van der Waals surface area contributed by atoms with Crippen molar-refractivity contribution in [2.45, 2.75) is 26.4 Å². The minimum Gasteiger partial charge on any atom is -0.497 e. The molecule has 1 aromatic carbocycles. The van der Waals surface area contributed by atoms with Crippen molar-refractivity contribution in [1.29, 1.82) is 0 Å². The van der Waals surface area contributed by atoms with Crippen LogP contribution < -0.4 is 4.74 Å². The van der Waals surface area contributed by atoms with Gasteiger partial charge >= 0.3 is 0 Å². The Morgan fingerprint density at radius 3 is 2.88 bits per heavy atom. The fraction of sp³-hybridized carbons (Fsp3) is 0.474. The molecule has 0 spiro atoms. The number of hydrogen-bond donors (Lipinski definition) is 0. The summed E-state index contributed by atoms with van der Waals surface area (Å²) in [5, 5.41) is 4.34. The zero-order valence-electron chi connectivity index (χ0n) is 15.0. The van der Waals surface area contributed by atoms with Crippen molar-refractivity contribution in [3.05, 3.63) is 47.8 Å². The molecule has 134 valence electrons. The van der Waals surface area contributed by atoms with Gasteiger partial charge in [-0.3, -0.25) is 14.4 Å². The van der Waals surface area contributed by atoms with E-state index in [0.29, 0.717) is 5.56 Å². The first-order valence-corrected chi connectivity index (χ1v) is 8.86. The lowest BCUT2D eigenvalue weighted by Gasteiger charge is -2.22. The second-order valence-electron chi connectivity index (χ2n) is 6.36. The molecular formula is C19H26N4O2. The highest BCUT2D eigenvalue weighted by Gasteiger charge is 2.21. The Bertz CT molecular complexity index is 713. The minimum absolute atomic E-state index is 0.0829. The van der Waals surface area contributed by atoms with E-state index in [1.165, 1.54) is 5.56 Å². The minimum atomic E-state index is 0.0829. The lowest BCUT2D eigenvalue weighted by atomic mass is 10.2. The number of rotatable bonds is 5. The first-order valence-electron chi connectivity index (χ1n) is 8.86. The monoisotopic (exact) mass is 342 g/mol. The Kier molecular flexibility index (Phi) is 5.71. The van der Waals surface area contributed by atoms with Crippen LogP contribution in [0.25, 0.3) is 0 Å². The maximum absolute atomic E-state index is 12.8. The lowest BCUT2D eigenvalue weighted by Crippen LogP contribution is -2.35. The summed E-state index contributed by atoms with van der Waals surface area (Å²) in [6.45, 7) is 7.29. The van der Waals surface area contributed by atoms with Crippen molar-refractivity contribution in [1.82, 2.24) is 19.6 Å². The topological polar surface area (TPSA) is 50.6 Å². The third kappa shape index (κ3) is 4.39. The summed E-state index contributed by atoms with van der Waals surface area (Å²) >= 11 is 0. The molecule has 0 radical (unpaired) electrons. The largest absolute Gasteiger partial charge is 0.497 e. The van der Waals surface area contributed by atoms with Gasteiger partial charge in [0.2, 0.25) is 0 Å². The van der Waals surface area contributed by atoms with Gasteiger partial charge in [0.25, 0.3) is 5.91 Å². The molecule has 0 bridgehead atoms. The number of methoxy groups -OCH3 is 1. The van der Waals surface area contributed by atoms with E-state index < -0.39 is 0 Å². The molecule has 3 rings (SSSR count). The molecule has 0 atom stereocenters. The summed E-state index contributed by atoms with van der Waals surface area (Å²) in [6.07, 6.45) is 5.02. The van der Waals surface area contributed by atoms with E-state index in [9.17, 15) is 4.79 Å². The van der Waals surface area contributed by atoms with Crippen LogP contribution in [-0.4, -0.2) is 58.8 Å². The molecule has 1 saturated heterocycles. The third-order valence-corrected chi connectivity index (χ3v) is 4.61. The molecule has 2 heterocycles. The van der Waals surface area contributed by atoms with Crippen molar-refractivity contribution < 1.29 is 9.53 Å². The number of amides is 1. The number of nitrogens with zero attached hydrogens (tertiary/aromatic N) is 4. The Hall–Kier alpha value is -2.34. The number of benzene rings is 1. The molecule has 1 aromatic heterocycles. The summed E-state index contributed by atoms with van der Waals surface area (Å²) in [6, 6.07) is 7.38. The van der Waals surface area contributed by atoms with Gasteiger partial charge in [0.05, 0.1) is 13.3 Å². The van der Waals surface area contributed by atoms with E-state index in [4.69, 9.17) is 4.74 Å². The first-order chi connectivity index (χ1) is 12.2. The number of aryl methyl sites for hydroxylation is 1. The van der Waals surface area contributed by atoms with E-state index in [-0.39, 0.29) is 5.91 Å². The van der Waals surface area contributed by atoms with Gasteiger partial charge in [-0.1, -0.05) is 6.07 Å². The highest BCUT2D eigenvalue weighted by molar-refractivity contribution is 5.94. The van der Waals surface area contributed by atoms with Crippen molar-refractivity contribution in [3.63, 3.8) is 0 Å². The SMILES string of the molecule is CCn1cc(CN2CCCN(C(=O)c3cccc(OC)c3)CC2)cn1. The van der Waals surface area contributed by atoms with Crippen LogP contribution >= 0.6 is 0 Å². The van der Waals surface area contributed by atoms with Crippen LogP contribution in [0.4, 0.5) is 0 Å². The van der Waals surface area contributed by atoms with Gasteiger partial charge in [-0.25, -0.2) is 0 Å². The van der Waals surface area contributed by atoms with Crippen LogP contribution in [-0.2, 0) is 13.1 Å². The zero-order valence-corrected chi connectivity index (χ0v) is 15.0. The smallest absolute Gasteiger partial charge is 0.254 e. The van der Waals surface area contributed by atoms with Crippen molar-refractivity contribution in [2.24, 2.45) is 0 Å². The summed E-state index contributed by atoms with van der Waals surface area (Å²) in [5.74, 6) is 0.801. The van der Waals surface area contributed by atoms with Crippen molar-refractivity contribution in [3.8, 4) is 5.75 Å². The molecule has 0 unspecified atom stereocenters. The van der Waals surface area contributed by atoms with E-state index in [0.717, 1.165) is 51.4 Å². The summed E-state index contributed by atoms with van der Waals surface area (Å²) in [5.41, 5.74) is 1.92. The van der Waals surface area contributed by atoms with E-state index in [2.05, 4.69) is 23.1 Å². The maximum Gasteiger partial charge on any atom is 0.254 e. The molecule has 25 heavy (non-hydrogen) atoms.